The van der Waals surface area contributed by atoms with Crippen molar-refractivity contribution in [3.8, 4) is 5.69 Å². The Balaban J connectivity index is 1.78. The first-order valence-corrected chi connectivity index (χ1v) is 9.94. The number of para-hydroxylation sites is 1. The van der Waals surface area contributed by atoms with Gasteiger partial charge in [-0.15, -0.1) is 0 Å². The number of anilines is 1. The van der Waals surface area contributed by atoms with Gasteiger partial charge in [-0.25, -0.2) is 14.3 Å². The Bertz CT molecular complexity index is 1350. The van der Waals surface area contributed by atoms with Crippen molar-refractivity contribution < 1.29 is 37.0 Å². The normalized spacial score (nSPS) is 11.0. The molecule has 9 nitrogen and oxygen atoms in total. The van der Waals surface area contributed by atoms with E-state index in [1.807, 2.05) is 0 Å². The molecule has 1 heterocycles. The number of aryl methyl sites for hydroxylation is 1. The Morgan fingerprint density at radius 3 is 2.43 bits per heavy atom. The van der Waals surface area contributed by atoms with E-state index in [2.05, 4.69) is 15.2 Å². The van der Waals surface area contributed by atoms with Gasteiger partial charge in [-0.3, -0.25) is 9.59 Å². The maximum atomic E-state index is 13.1. The minimum atomic E-state index is -4.61. The minimum absolute atomic E-state index is 0.0384. The standard InChI is InChI=1S/C23H18F3N3O6/c1-13-10-18(30)20(28-29(13)15-7-5-6-14(11-15)23(24,25)26)22(33)35-12-19(31)27-17-9-4-3-8-16(17)21(32)34-2/h3-11H,12H2,1-2H3,(H,27,31). The third kappa shape index (κ3) is 5.91. The highest BCUT2D eigenvalue weighted by molar-refractivity contribution is 6.02. The molecule has 0 spiro atoms. The number of amides is 1. The third-order valence-corrected chi connectivity index (χ3v) is 4.66. The molecule has 0 bridgehead atoms. The molecule has 3 rings (SSSR count). The molecule has 0 unspecified atom stereocenters. The van der Waals surface area contributed by atoms with Crippen molar-refractivity contribution in [2.45, 2.75) is 13.1 Å². The van der Waals surface area contributed by atoms with Crippen molar-refractivity contribution >= 4 is 23.5 Å². The molecule has 2 aromatic carbocycles. The van der Waals surface area contributed by atoms with Gasteiger partial charge in [0.2, 0.25) is 11.1 Å². The highest BCUT2D eigenvalue weighted by atomic mass is 19.4. The van der Waals surface area contributed by atoms with Crippen molar-refractivity contribution in [3.05, 3.63) is 87.3 Å². The summed E-state index contributed by atoms with van der Waals surface area (Å²) in [6, 6.07) is 11.1. The van der Waals surface area contributed by atoms with Crippen LogP contribution in [0.15, 0.2) is 59.4 Å². The summed E-state index contributed by atoms with van der Waals surface area (Å²) in [5.74, 6) is -2.77. The van der Waals surface area contributed by atoms with Crippen molar-refractivity contribution in [1.29, 1.82) is 0 Å². The first-order chi connectivity index (χ1) is 16.5. The van der Waals surface area contributed by atoms with Gasteiger partial charge < -0.3 is 14.8 Å². The van der Waals surface area contributed by atoms with Crippen LogP contribution in [0.4, 0.5) is 18.9 Å². The number of rotatable bonds is 6. The Morgan fingerprint density at radius 2 is 1.74 bits per heavy atom. The highest BCUT2D eigenvalue weighted by Crippen LogP contribution is 2.30. The average Bonchev–Trinajstić information content (AvgIpc) is 2.82. The largest absolute Gasteiger partial charge is 0.465 e. The summed E-state index contributed by atoms with van der Waals surface area (Å²) in [5, 5.41) is 6.23. The zero-order valence-electron chi connectivity index (χ0n) is 18.4. The monoisotopic (exact) mass is 489 g/mol. The summed E-state index contributed by atoms with van der Waals surface area (Å²) in [6.45, 7) is 0.600. The molecule has 1 N–H and O–H groups in total. The lowest BCUT2D eigenvalue weighted by atomic mass is 10.2. The van der Waals surface area contributed by atoms with Gasteiger partial charge in [0.25, 0.3) is 5.91 Å². The molecule has 182 valence electrons. The van der Waals surface area contributed by atoms with E-state index in [1.165, 1.54) is 32.2 Å². The molecule has 0 aliphatic carbocycles. The average molecular weight is 489 g/mol. The molecule has 0 radical (unpaired) electrons. The number of carbonyl (C=O) groups excluding carboxylic acids is 3. The van der Waals surface area contributed by atoms with Gasteiger partial charge in [0.15, 0.2) is 6.61 Å². The zero-order valence-corrected chi connectivity index (χ0v) is 18.4. The van der Waals surface area contributed by atoms with Gasteiger partial charge in [-0.05, 0) is 37.3 Å². The van der Waals surface area contributed by atoms with Crippen LogP contribution < -0.4 is 10.7 Å². The number of hydrogen-bond donors (Lipinski definition) is 1. The maximum absolute atomic E-state index is 13.1. The number of alkyl halides is 3. The number of hydrogen-bond acceptors (Lipinski definition) is 7. The minimum Gasteiger partial charge on any atom is -0.465 e. The molecule has 1 amide bonds. The molecule has 0 saturated heterocycles. The van der Waals surface area contributed by atoms with Gasteiger partial charge in [-0.2, -0.15) is 18.3 Å². The lowest BCUT2D eigenvalue weighted by Crippen LogP contribution is -2.27. The van der Waals surface area contributed by atoms with E-state index in [4.69, 9.17) is 4.74 Å². The molecule has 3 aromatic rings. The Hall–Kier alpha value is -4.48. The number of carbonyl (C=O) groups is 3. The summed E-state index contributed by atoms with van der Waals surface area (Å²) in [6.07, 6.45) is -4.61. The van der Waals surface area contributed by atoms with Gasteiger partial charge in [0.1, 0.15) is 0 Å². The number of halogens is 3. The van der Waals surface area contributed by atoms with Crippen molar-refractivity contribution in [1.82, 2.24) is 9.78 Å². The van der Waals surface area contributed by atoms with Crippen LogP contribution >= 0.6 is 0 Å². The quantitative estimate of drug-likeness (QED) is 0.529. The van der Waals surface area contributed by atoms with E-state index in [0.717, 1.165) is 28.9 Å². The van der Waals surface area contributed by atoms with E-state index in [9.17, 15) is 32.3 Å². The molecule has 0 atom stereocenters. The van der Waals surface area contributed by atoms with Crippen LogP contribution in [0.5, 0.6) is 0 Å². The summed E-state index contributed by atoms with van der Waals surface area (Å²) < 4.78 is 49.6. The number of esters is 2. The number of nitrogens with one attached hydrogen (secondary N) is 1. The third-order valence-electron chi connectivity index (χ3n) is 4.66. The Kier molecular flexibility index (Phi) is 7.33. The van der Waals surface area contributed by atoms with Gasteiger partial charge in [0.05, 0.1) is 29.6 Å². The van der Waals surface area contributed by atoms with E-state index in [1.54, 1.807) is 12.1 Å². The fraction of sp³-hybridized carbons (Fsp3) is 0.174. The van der Waals surface area contributed by atoms with Crippen LogP contribution in [0, 0.1) is 6.92 Å². The number of nitrogens with zero attached hydrogens (tertiary/aromatic N) is 2. The lowest BCUT2D eigenvalue weighted by Gasteiger charge is -2.13. The molecule has 0 fully saturated rings. The van der Waals surface area contributed by atoms with Crippen LogP contribution in [-0.4, -0.2) is 41.3 Å². The predicted molar refractivity (Wildman–Crippen MR) is 116 cm³/mol. The van der Waals surface area contributed by atoms with E-state index in [-0.39, 0.29) is 22.6 Å². The zero-order chi connectivity index (χ0) is 25.8. The molecule has 0 aliphatic heterocycles. The number of benzene rings is 2. The highest BCUT2D eigenvalue weighted by Gasteiger charge is 2.30. The van der Waals surface area contributed by atoms with Gasteiger partial charge in [-0.1, -0.05) is 18.2 Å². The van der Waals surface area contributed by atoms with Gasteiger partial charge in [0, 0.05) is 11.8 Å². The van der Waals surface area contributed by atoms with Crippen LogP contribution in [0.2, 0.25) is 0 Å². The van der Waals surface area contributed by atoms with Crippen molar-refractivity contribution in [3.63, 3.8) is 0 Å². The van der Waals surface area contributed by atoms with Crippen LogP contribution in [0.1, 0.15) is 32.1 Å². The molecular weight excluding hydrogens is 471 g/mol. The SMILES string of the molecule is COC(=O)c1ccccc1NC(=O)COC(=O)c1nn(-c2cccc(C(F)(F)F)c2)c(C)cc1=O. The Labute approximate surface area is 196 Å². The second-order valence-electron chi connectivity index (χ2n) is 7.12. The van der Waals surface area contributed by atoms with E-state index >= 15 is 0 Å². The maximum Gasteiger partial charge on any atom is 0.416 e. The summed E-state index contributed by atoms with van der Waals surface area (Å²) in [4.78, 5) is 48.7. The summed E-state index contributed by atoms with van der Waals surface area (Å²) in [5.41, 5.74) is -2.20. The first-order valence-electron chi connectivity index (χ1n) is 9.94. The predicted octanol–water partition coefficient (Wildman–Crippen LogP) is 3.14. The van der Waals surface area contributed by atoms with Crippen molar-refractivity contribution in [2.24, 2.45) is 0 Å². The number of aromatic nitrogens is 2. The molecule has 35 heavy (non-hydrogen) atoms. The fourth-order valence-corrected chi connectivity index (χ4v) is 3.03. The molecule has 12 heteroatoms. The fourth-order valence-electron chi connectivity index (χ4n) is 3.03. The first kappa shape index (κ1) is 25.1. The lowest BCUT2D eigenvalue weighted by molar-refractivity contribution is -0.137. The van der Waals surface area contributed by atoms with E-state index < -0.39 is 47.3 Å². The van der Waals surface area contributed by atoms with Crippen LogP contribution in [-0.2, 0) is 20.4 Å². The number of methoxy groups -OCH3 is 1. The van der Waals surface area contributed by atoms with Gasteiger partial charge >= 0.3 is 18.1 Å². The topological polar surface area (TPSA) is 117 Å². The van der Waals surface area contributed by atoms with Crippen LogP contribution in [0.3, 0.4) is 0 Å². The number of ether oxygens (including phenoxy) is 2. The summed E-state index contributed by atoms with van der Waals surface area (Å²) >= 11 is 0. The Morgan fingerprint density at radius 1 is 1.03 bits per heavy atom. The second-order valence-corrected chi connectivity index (χ2v) is 7.12. The smallest absolute Gasteiger partial charge is 0.416 e. The molecular formula is C23H18F3N3O6. The summed E-state index contributed by atoms with van der Waals surface area (Å²) in [7, 11) is 1.17. The second kappa shape index (κ2) is 10.2. The van der Waals surface area contributed by atoms with Crippen molar-refractivity contribution in [2.75, 3.05) is 19.0 Å². The molecule has 0 saturated carbocycles. The van der Waals surface area contributed by atoms with Crippen LogP contribution in [0.25, 0.3) is 5.69 Å². The molecule has 0 aliphatic rings. The molecule has 1 aromatic heterocycles. The van der Waals surface area contributed by atoms with E-state index in [0.29, 0.717) is 0 Å².